The molecule has 0 aliphatic carbocycles. The molecule has 2 aromatic heterocycles. The molecule has 0 fully saturated rings. The molecule has 0 unspecified atom stereocenters. The van der Waals surface area contributed by atoms with Gasteiger partial charge >= 0.3 is 6.16 Å². The number of aromatic nitrogens is 3. The Labute approximate surface area is 192 Å². The number of carboxylic acid groups (broad SMARTS) is 1. The van der Waals surface area contributed by atoms with Crippen LogP contribution in [-0.4, -0.2) is 38.8 Å². The molecule has 33 heavy (non-hydrogen) atoms. The van der Waals surface area contributed by atoms with Crippen LogP contribution in [-0.2, 0) is 6.54 Å². The number of rotatable bonds is 6. The zero-order valence-electron chi connectivity index (χ0n) is 17.8. The van der Waals surface area contributed by atoms with Crippen molar-refractivity contribution in [3.63, 3.8) is 0 Å². The van der Waals surface area contributed by atoms with Gasteiger partial charge in [0.05, 0.1) is 49.0 Å². The van der Waals surface area contributed by atoms with Gasteiger partial charge < -0.3 is 23.9 Å². The molecule has 0 atom stereocenters. The van der Waals surface area contributed by atoms with Crippen LogP contribution in [0.15, 0.2) is 60.7 Å². The largest absolute Gasteiger partial charge is 0.512 e. The molecule has 8 nitrogen and oxygen atoms in total. The number of fused-ring (bicyclic) bond motifs is 2. The molecule has 5 aromatic rings. The SMILES string of the molecule is COc1ccc(-c2c(OC(=O)O)n(Cc3ccc4nsnc4c3)c3cccc(OC)c23)cc1. The lowest BCUT2D eigenvalue weighted by atomic mass is 10.0. The Morgan fingerprint density at radius 1 is 1.00 bits per heavy atom. The van der Waals surface area contributed by atoms with E-state index in [1.165, 1.54) is 0 Å². The van der Waals surface area contributed by atoms with Gasteiger partial charge in [0.25, 0.3) is 0 Å². The summed E-state index contributed by atoms with van der Waals surface area (Å²) in [7, 11) is 3.18. The van der Waals surface area contributed by atoms with E-state index in [0.717, 1.165) is 44.8 Å². The zero-order valence-corrected chi connectivity index (χ0v) is 18.6. The second-order valence-electron chi connectivity index (χ2n) is 7.30. The van der Waals surface area contributed by atoms with Crippen molar-refractivity contribution in [1.82, 2.24) is 13.3 Å². The van der Waals surface area contributed by atoms with E-state index in [1.54, 1.807) is 14.2 Å². The standard InChI is InChI=1S/C24H19N3O5S/c1-30-16-9-7-15(8-10-16)21-22-19(4-3-5-20(22)31-2)27(23(21)32-24(28)29)13-14-6-11-17-18(12-14)26-33-25-17/h3-12H,13H2,1-2H3,(H,28,29). The van der Waals surface area contributed by atoms with Crippen LogP contribution in [0.1, 0.15) is 5.56 Å². The van der Waals surface area contributed by atoms with E-state index in [4.69, 9.17) is 14.2 Å². The fraction of sp³-hybridized carbons (Fsp3) is 0.125. The molecule has 0 saturated heterocycles. The minimum absolute atomic E-state index is 0.212. The summed E-state index contributed by atoms with van der Waals surface area (Å²) in [5.74, 6) is 1.52. The summed E-state index contributed by atoms with van der Waals surface area (Å²) in [6.07, 6.45) is -1.40. The van der Waals surface area contributed by atoms with Crippen LogP contribution < -0.4 is 14.2 Å². The lowest BCUT2D eigenvalue weighted by Crippen LogP contribution is -2.10. The van der Waals surface area contributed by atoms with Gasteiger partial charge in [-0.15, -0.1) is 0 Å². The Morgan fingerprint density at radius 3 is 2.52 bits per heavy atom. The van der Waals surface area contributed by atoms with Gasteiger partial charge in [-0.25, -0.2) is 4.79 Å². The maximum absolute atomic E-state index is 11.7. The molecule has 0 saturated carbocycles. The van der Waals surface area contributed by atoms with E-state index in [-0.39, 0.29) is 5.88 Å². The summed E-state index contributed by atoms with van der Waals surface area (Å²) in [5, 5.41) is 10.3. The third kappa shape index (κ3) is 3.72. The van der Waals surface area contributed by atoms with Crippen LogP contribution >= 0.6 is 11.7 Å². The highest BCUT2D eigenvalue weighted by molar-refractivity contribution is 7.00. The van der Waals surface area contributed by atoms with E-state index in [9.17, 15) is 9.90 Å². The first-order valence-electron chi connectivity index (χ1n) is 10.0. The molecule has 3 aromatic carbocycles. The molecule has 0 amide bonds. The fourth-order valence-electron chi connectivity index (χ4n) is 4.00. The first kappa shape index (κ1) is 20.8. The molecule has 2 heterocycles. The number of methoxy groups -OCH3 is 2. The monoisotopic (exact) mass is 461 g/mol. The molecule has 0 aliphatic rings. The predicted molar refractivity (Wildman–Crippen MR) is 126 cm³/mol. The smallest absolute Gasteiger partial charge is 0.497 e. The van der Waals surface area contributed by atoms with Gasteiger partial charge in [0.2, 0.25) is 5.88 Å². The average molecular weight is 461 g/mol. The van der Waals surface area contributed by atoms with Crippen molar-refractivity contribution in [2.24, 2.45) is 0 Å². The van der Waals surface area contributed by atoms with Crippen LogP contribution in [0, 0.1) is 0 Å². The summed E-state index contributed by atoms with van der Waals surface area (Å²) >= 11 is 1.16. The van der Waals surface area contributed by atoms with E-state index < -0.39 is 6.16 Å². The lowest BCUT2D eigenvalue weighted by molar-refractivity contribution is 0.141. The van der Waals surface area contributed by atoms with E-state index >= 15 is 0 Å². The molecule has 166 valence electrons. The molecule has 5 rings (SSSR count). The topological polar surface area (TPSA) is 95.7 Å². The number of benzene rings is 3. The Bertz CT molecular complexity index is 1470. The average Bonchev–Trinajstić information content (AvgIpc) is 3.41. The van der Waals surface area contributed by atoms with Crippen molar-refractivity contribution in [1.29, 1.82) is 0 Å². The summed E-state index contributed by atoms with van der Waals surface area (Å²) < 4.78 is 26.7. The minimum atomic E-state index is -1.40. The second kappa shape index (κ2) is 8.44. The fourth-order valence-corrected chi connectivity index (χ4v) is 4.51. The molecule has 1 N–H and O–H groups in total. The van der Waals surface area contributed by atoms with Crippen LogP contribution in [0.3, 0.4) is 0 Å². The molecule has 9 heteroatoms. The first-order valence-corrected chi connectivity index (χ1v) is 10.8. The van der Waals surface area contributed by atoms with Crippen molar-refractivity contribution < 1.29 is 24.1 Å². The van der Waals surface area contributed by atoms with E-state index in [1.807, 2.05) is 65.2 Å². The van der Waals surface area contributed by atoms with Gasteiger partial charge in [0, 0.05) is 0 Å². The Morgan fingerprint density at radius 2 is 1.79 bits per heavy atom. The molecule has 0 radical (unpaired) electrons. The summed E-state index contributed by atoms with van der Waals surface area (Å²) in [6.45, 7) is 0.371. The van der Waals surface area contributed by atoms with E-state index in [2.05, 4.69) is 8.75 Å². The third-order valence-corrected chi connectivity index (χ3v) is 6.00. The zero-order chi connectivity index (χ0) is 22.9. The third-order valence-electron chi connectivity index (χ3n) is 5.45. The van der Waals surface area contributed by atoms with Crippen molar-refractivity contribution in [3.8, 4) is 28.5 Å². The van der Waals surface area contributed by atoms with Gasteiger partial charge in [-0.05, 0) is 47.5 Å². The van der Waals surface area contributed by atoms with Gasteiger partial charge in [0.15, 0.2) is 0 Å². The Balaban J connectivity index is 1.77. The summed E-state index contributed by atoms with van der Waals surface area (Å²) in [6, 6.07) is 18.8. The number of carbonyl (C=O) groups is 1. The Hall–Kier alpha value is -4.11. The predicted octanol–water partition coefficient (Wildman–Crippen LogP) is 5.44. The van der Waals surface area contributed by atoms with Crippen LogP contribution in [0.25, 0.3) is 33.1 Å². The van der Waals surface area contributed by atoms with Crippen molar-refractivity contribution in [3.05, 3.63) is 66.2 Å². The number of hydrogen-bond donors (Lipinski definition) is 1. The van der Waals surface area contributed by atoms with Crippen LogP contribution in [0.5, 0.6) is 17.4 Å². The molecular formula is C24H19N3O5S. The van der Waals surface area contributed by atoms with E-state index in [0.29, 0.717) is 23.6 Å². The lowest BCUT2D eigenvalue weighted by Gasteiger charge is -2.11. The van der Waals surface area contributed by atoms with Crippen LogP contribution in [0.4, 0.5) is 4.79 Å². The second-order valence-corrected chi connectivity index (χ2v) is 7.83. The normalized spacial score (nSPS) is 11.1. The minimum Gasteiger partial charge on any atom is -0.497 e. The molecule has 0 aliphatic heterocycles. The maximum Gasteiger partial charge on any atom is 0.512 e. The number of hydrogen-bond acceptors (Lipinski definition) is 7. The maximum atomic E-state index is 11.7. The summed E-state index contributed by atoms with van der Waals surface area (Å²) in [4.78, 5) is 11.7. The molecular weight excluding hydrogens is 442 g/mol. The summed E-state index contributed by atoms with van der Waals surface area (Å²) in [5.41, 5.74) is 4.74. The van der Waals surface area contributed by atoms with Crippen molar-refractivity contribution in [2.75, 3.05) is 14.2 Å². The Kier molecular flexibility index (Phi) is 5.31. The highest BCUT2D eigenvalue weighted by Crippen LogP contribution is 2.45. The molecule has 0 bridgehead atoms. The van der Waals surface area contributed by atoms with Crippen molar-refractivity contribution >= 4 is 39.8 Å². The highest BCUT2D eigenvalue weighted by atomic mass is 32.1. The number of ether oxygens (including phenoxy) is 3. The van der Waals surface area contributed by atoms with Gasteiger partial charge in [-0.2, -0.15) is 8.75 Å². The van der Waals surface area contributed by atoms with Gasteiger partial charge in [-0.3, -0.25) is 0 Å². The van der Waals surface area contributed by atoms with Crippen molar-refractivity contribution in [2.45, 2.75) is 6.54 Å². The van der Waals surface area contributed by atoms with Crippen LogP contribution in [0.2, 0.25) is 0 Å². The quantitative estimate of drug-likeness (QED) is 0.337. The van der Waals surface area contributed by atoms with Gasteiger partial charge in [0.1, 0.15) is 22.5 Å². The highest BCUT2D eigenvalue weighted by Gasteiger charge is 2.25. The number of nitrogens with zero attached hydrogens (tertiary/aromatic N) is 3. The first-order chi connectivity index (χ1) is 16.1. The van der Waals surface area contributed by atoms with Gasteiger partial charge in [-0.1, -0.05) is 24.3 Å². The molecule has 0 spiro atoms.